The SMILES string of the molecule is C=CCCC1(CCC)C(=O)NCCC1c1ccccc1. The average molecular weight is 271 g/mol. The van der Waals surface area contributed by atoms with Gasteiger partial charge in [0.1, 0.15) is 0 Å². The van der Waals surface area contributed by atoms with E-state index in [9.17, 15) is 4.79 Å². The second-order valence-corrected chi connectivity index (χ2v) is 5.74. The Hall–Kier alpha value is -1.57. The van der Waals surface area contributed by atoms with E-state index < -0.39 is 0 Å². The molecule has 0 aliphatic carbocycles. The van der Waals surface area contributed by atoms with Crippen LogP contribution in [0, 0.1) is 5.41 Å². The van der Waals surface area contributed by atoms with Gasteiger partial charge in [0, 0.05) is 6.54 Å². The van der Waals surface area contributed by atoms with Gasteiger partial charge < -0.3 is 5.32 Å². The zero-order chi connectivity index (χ0) is 14.4. The second-order valence-electron chi connectivity index (χ2n) is 5.74. The quantitative estimate of drug-likeness (QED) is 0.777. The van der Waals surface area contributed by atoms with Crippen molar-refractivity contribution >= 4 is 5.91 Å². The minimum atomic E-state index is -0.261. The highest BCUT2D eigenvalue weighted by molar-refractivity contribution is 5.84. The van der Waals surface area contributed by atoms with Crippen LogP contribution in [0.15, 0.2) is 43.0 Å². The monoisotopic (exact) mass is 271 g/mol. The number of carbonyl (C=O) groups is 1. The Morgan fingerprint density at radius 1 is 1.35 bits per heavy atom. The van der Waals surface area contributed by atoms with Gasteiger partial charge in [0.25, 0.3) is 0 Å². The summed E-state index contributed by atoms with van der Waals surface area (Å²) >= 11 is 0. The van der Waals surface area contributed by atoms with Crippen molar-refractivity contribution in [3.8, 4) is 0 Å². The van der Waals surface area contributed by atoms with Gasteiger partial charge in [-0.05, 0) is 37.2 Å². The van der Waals surface area contributed by atoms with Gasteiger partial charge in [-0.3, -0.25) is 4.79 Å². The number of rotatable bonds is 6. The lowest BCUT2D eigenvalue weighted by molar-refractivity contribution is -0.136. The van der Waals surface area contributed by atoms with Crippen molar-refractivity contribution in [2.24, 2.45) is 5.41 Å². The van der Waals surface area contributed by atoms with Gasteiger partial charge in [-0.15, -0.1) is 6.58 Å². The van der Waals surface area contributed by atoms with E-state index >= 15 is 0 Å². The Labute approximate surface area is 122 Å². The number of hydrogen-bond acceptors (Lipinski definition) is 1. The summed E-state index contributed by atoms with van der Waals surface area (Å²) in [6.07, 6.45) is 6.75. The molecule has 0 spiro atoms. The van der Waals surface area contributed by atoms with Gasteiger partial charge in [-0.25, -0.2) is 0 Å². The fourth-order valence-electron chi connectivity index (χ4n) is 3.62. The van der Waals surface area contributed by atoms with Gasteiger partial charge in [0.15, 0.2) is 0 Å². The molecule has 2 atom stereocenters. The molecule has 1 aromatic carbocycles. The molecule has 1 saturated heterocycles. The van der Waals surface area contributed by atoms with Crippen LogP contribution in [-0.2, 0) is 4.79 Å². The van der Waals surface area contributed by atoms with Gasteiger partial charge >= 0.3 is 0 Å². The molecule has 0 bridgehead atoms. The highest BCUT2D eigenvalue weighted by atomic mass is 16.2. The maximum absolute atomic E-state index is 12.7. The molecule has 108 valence electrons. The fraction of sp³-hybridized carbons (Fsp3) is 0.500. The first-order valence-corrected chi connectivity index (χ1v) is 7.68. The third-order valence-corrected chi connectivity index (χ3v) is 4.53. The molecule has 1 N–H and O–H groups in total. The zero-order valence-electron chi connectivity index (χ0n) is 12.4. The van der Waals surface area contributed by atoms with Crippen molar-refractivity contribution in [2.75, 3.05) is 6.54 Å². The van der Waals surface area contributed by atoms with Crippen molar-refractivity contribution in [3.63, 3.8) is 0 Å². The third-order valence-electron chi connectivity index (χ3n) is 4.53. The van der Waals surface area contributed by atoms with E-state index in [0.29, 0.717) is 5.92 Å². The minimum Gasteiger partial charge on any atom is -0.356 e. The van der Waals surface area contributed by atoms with Crippen molar-refractivity contribution in [3.05, 3.63) is 48.6 Å². The molecule has 1 aromatic rings. The molecule has 2 heteroatoms. The summed E-state index contributed by atoms with van der Waals surface area (Å²) in [4.78, 5) is 12.7. The number of benzene rings is 1. The molecule has 0 aromatic heterocycles. The second kappa shape index (κ2) is 6.74. The molecule has 1 fully saturated rings. The van der Waals surface area contributed by atoms with Crippen LogP contribution in [0.4, 0.5) is 0 Å². The van der Waals surface area contributed by atoms with Crippen LogP contribution in [0.3, 0.4) is 0 Å². The first-order chi connectivity index (χ1) is 9.74. The number of nitrogens with one attached hydrogen (secondary N) is 1. The van der Waals surface area contributed by atoms with E-state index in [1.54, 1.807) is 0 Å². The molecule has 1 heterocycles. The van der Waals surface area contributed by atoms with Crippen LogP contribution in [0.2, 0.25) is 0 Å². The molecule has 2 unspecified atom stereocenters. The molecule has 1 aliphatic rings. The highest BCUT2D eigenvalue weighted by Crippen LogP contribution is 2.47. The Bertz CT molecular complexity index is 454. The molecule has 0 saturated carbocycles. The lowest BCUT2D eigenvalue weighted by atomic mass is 9.63. The molecule has 20 heavy (non-hydrogen) atoms. The topological polar surface area (TPSA) is 29.1 Å². The first-order valence-electron chi connectivity index (χ1n) is 7.68. The van der Waals surface area contributed by atoms with E-state index in [0.717, 1.165) is 38.6 Å². The summed E-state index contributed by atoms with van der Waals surface area (Å²) in [5, 5.41) is 3.09. The summed E-state index contributed by atoms with van der Waals surface area (Å²) in [6, 6.07) is 10.5. The largest absolute Gasteiger partial charge is 0.356 e. The zero-order valence-corrected chi connectivity index (χ0v) is 12.4. The molecular weight excluding hydrogens is 246 g/mol. The fourth-order valence-corrected chi connectivity index (χ4v) is 3.62. The van der Waals surface area contributed by atoms with Gasteiger partial charge in [0.2, 0.25) is 5.91 Å². The maximum atomic E-state index is 12.7. The van der Waals surface area contributed by atoms with Crippen LogP contribution >= 0.6 is 0 Å². The third kappa shape index (κ3) is 2.79. The number of allylic oxidation sites excluding steroid dienone is 1. The van der Waals surface area contributed by atoms with Gasteiger partial charge in [-0.2, -0.15) is 0 Å². The average Bonchev–Trinajstić information content (AvgIpc) is 2.49. The van der Waals surface area contributed by atoms with Crippen LogP contribution in [0.5, 0.6) is 0 Å². The smallest absolute Gasteiger partial charge is 0.226 e. The van der Waals surface area contributed by atoms with Crippen molar-refractivity contribution in [1.29, 1.82) is 0 Å². The van der Waals surface area contributed by atoms with Crippen molar-refractivity contribution in [1.82, 2.24) is 5.32 Å². The van der Waals surface area contributed by atoms with E-state index in [1.165, 1.54) is 5.56 Å². The van der Waals surface area contributed by atoms with Gasteiger partial charge in [-0.1, -0.05) is 49.8 Å². The molecule has 1 aliphatic heterocycles. The highest BCUT2D eigenvalue weighted by Gasteiger charge is 2.46. The number of amides is 1. The number of piperidine rings is 1. The summed E-state index contributed by atoms with van der Waals surface area (Å²) in [5.74, 6) is 0.568. The summed E-state index contributed by atoms with van der Waals surface area (Å²) in [7, 11) is 0. The van der Waals surface area contributed by atoms with E-state index in [2.05, 4.69) is 43.1 Å². The summed E-state index contributed by atoms with van der Waals surface area (Å²) < 4.78 is 0. The normalized spacial score (nSPS) is 26.1. The van der Waals surface area contributed by atoms with Crippen LogP contribution in [-0.4, -0.2) is 12.5 Å². The molecule has 0 radical (unpaired) electrons. The lowest BCUT2D eigenvalue weighted by Gasteiger charge is -2.43. The summed E-state index contributed by atoms with van der Waals surface area (Å²) in [5.41, 5.74) is 1.04. The van der Waals surface area contributed by atoms with Crippen LogP contribution in [0.25, 0.3) is 0 Å². The molecule has 2 rings (SSSR count). The Morgan fingerprint density at radius 2 is 2.10 bits per heavy atom. The predicted octanol–water partition coefficient (Wildman–Crippen LogP) is 4.04. The number of hydrogen-bond donors (Lipinski definition) is 1. The van der Waals surface area contributed by atoms with E-state index in [1.807, 2.05) is 12.1 Å². The predicted molar refractivity (Wildman–Crippen MR) is 83.6 cm³/mol. The standard InChI is InChI=1S/C18H25NO/c1-3-5-13-18(12-4-2)16(11-14-19-17(18)20)15-9-7-6-8-10-15/h3,6-10,16H,1,4-5,11-14H2,2H3,(H,19,20). The van der Waals surface area contributed by atoms with Gasteiger partial charge in [0.05, 0.1) is 5.41 Å². The van der Waals surface area contributed by atoms with Crippen LogP contribution in [0.1, 0.15) is 50.5 Å². The van der Waals surface area contributed by atoms with Crippen LogP contribution < -0.4 is 5.32 Å². The Balaban J connectivity index is 2.38. The minimum absolute atomic E-state index is 0.237. The Kier molecular flexibility index (Phi) is 4.99. The Morgan fingerprint density at radius 3 is 2.75 bits per heavy atom. The lowest BCUT2D eigenvalue weighted by Crippen LogP contribution is -2.50. The number of carbonyl (C=O) groups excluding carboxylic acids is 1. The molecule has 2 nitrogen and oxygen atoms in total. The maximum Gasteiger partial charge on any atom is 0.226 e. The summed E-state index contributed by atoms with van der Waals surface area (Å²) in [6.45, 7) is 6.78. The van der Waals surface area contributed by atoms with Crippen molar-refractivity contribution < 1.29 is 4.79 Å². The molecular formula is C18H25NO. The van der Waals surface area contributed by atoms with Crippen molar-refractivity contribution in [2.45, 2.75) is 44.9 Å². The first kappa shape index (κ1) is 14.8. The van der Waals surface area contributed by atoms with E-state index in [4.69, 9.17) is 0 Å². The van der Waals surface area contributed by atoms with E-state index in [-0.39, 0.29) is 11.3 Å². The molecule has 1 amide bonds.